The summed E-state index contributed by atoms with van der Waals surface area (Å²) in [7, 11) is 0. The standard InChI is InChI=1S/C21H20FN3O2/c1-15-19(13-23-25(15)18-9-7-17(22)8-10-18)21(26)24-11-12-27-20(14-24)16-5-3-2-4-6-16/h2-10,13,20H,11-12,14H2,1H3. The van der Waals surface area contributed by atoms with Gasteiger partial charge in [-0.1, -0.05) is 30.3 Å². The zero-order valence-electron chi connectivity index (χ0n) is 15.0. The molecule has 3 aromatic rings. The van der Waals surface area contributed by atoms with Crippen LogP contribution in [0.4, 0.5) is 4.39 Å². The molecule has 5 nitrogen and oxygen atoms in total. The third kappa shape index (κ3) is 3.48. The van der Waals surface area contributed by atoms with Gasteiger partial charge in [-0.05, 0) is 36.8 Å². The number of amides is 1. The SMILES string of the molecule is Cc1c(C(=O)N2CCOC(c3ccccc3)C2)cnn1-c1ccc(F)cc1. The van der Waals surface area contributed by atoms with E-state index in [4.69, 9.17) is 4.74 Å². The Morgan fingerprint density at radius 2 is 1.89 bits per heavy atom. The van der Waals surface area contributed by atoms with Crippen molar-refractivity contribution < 1.29 is 13.9 Å². The Morgan fingerprint density at radius 3 is 2.63 bits per heavy atom. The van der Waals surface area contributed by atoms with Gasteiger partial charge in [0.15, 0.2) is 0 Å². The van der Waals surface area contributed by atoms with Crippen molar-refractivity contribution in [2.75, 3.05) is 19.7 Å². The number of carbonyl (C=O) groups is 1. The Hall–Kier alpha value is -2.99. The zero-order chi connectivity index (χ0) is 18.8. The molecule has 0 saturated carbocycles. The van der Waals surface area contributed by atoms with Gasteiger partial charge in [0.05, 0.1) is 36.3 Å². The molecule has 0 radical (unpaired) electrons. The lowest BCUT2D eigenvalue weighted by Crippen LogP contribution is -2.42. The van der Waals surface area contributed by atoms with E-state index >= 15 is 0 Å². The number of hydrogen-bond acceptors (Lipinski definition) is 3. The van der Waals surface area contributed by atoms with Gasteiger partial charge in [0.1, 0.15) is 11.9 Å². The molecule has 1 aliphatic heterocycles. The second-order valence-corrected chi connectivity index (χ2v) is 6.55. The number of aromatic nitrogens is 2. The van der Waals surface area contributed by atoms with E-state index in [1.807, 2.05) is 37.3 Å². The number of halogens is 1. The fourth-order valence-corrected chi connectivity index (χ4v) is 3.34. The highest BCUT2D eigenvalue weighted by molar-refractivity contribution is 5.95. The molecule has 1 aromatic heterocycles. The third-order valence-electron chi connectivity index (χ3n) is 4.84. The highest BCUT2D eigenvalue weighted by Gasteiger charge is 2.28. The van der Waals surface area contributed by atoms with E-state index < -0.39 is 0 Å². The fraction of sp³-hybridized carbons (Fsp3) is 0.238. The number of hydrogen-bond donors (Lipinski definition) is 0. The number of nitrogens with zero attached hydrogens (tertiary/aromatic N) is 3. The van der Waals surface area contributed by atoms with E-state index in [1.54, 1.807) is 27.9 Å². The quantitative estimate of drug-likeness (QED) is 0.713. The lowest BCUT2D eigenvalue weighted by atomic mass is 10.1. The maximum absolute atomic E-state index is 13.2. The molecule has 1 saturated heterocycles. The van der Waals surface area contributed by atoms with Crippen LogP contribution in [-0.4, -0.2) is 40.3 Å². The van der Waals surface area contributed by atoms with Crippen molar-refractivity contribution in [2.45, 2.75) is 13.0 Å². The molecule has 1 amide bonds. The number of morpholine rings is 1. The summed E-state index contributed by atoms with van der Waals surface area (Å²) in [6.45, 7) is 3.39. The molecule has 0 bridgehead atoms. The molecule has 138 valence electrons. The van der Waals surface area contributed by atoms with Crippen molar-refractivity contribution in [1.29, 1.82) is 0 Å². The lowest BCUT2D eigenvalue weighted by Gasteiger charge is -2.33. The maximum Gasteiger partial charge on any atom is 0.257 e. The van der Waals surface area contributed by atoms with Crippen molar-refractivity contribution in [3.8, 4) is 5.69 Å². The summed E-state index contributed by atoms with van der Waals surface area (Å²) in [5.74, 6) is -0.370. The highest BCUT2D eigenvalue weighted by atomic mass is 19.1. The van der Waals surface area contributed by atoms with Gasteiger partial charge in [0, 0.05) is 6.54 Å². The fourth-order valence-electron chi connectivity index (χ4n) is 3.34. The van der Waals surface area contributed by atoms with E-state index in [-0.39, 0.29) is 17.8 Å². The number of ether oxygens (including phenoxy) is 1. The van der Waals surface area contributed by atoms with Crippen LogP contribution in [0.1, 0.15) is 27.7 Å². The van der Waals surface area contributed by atoms with Gasteiger partial charge in [0.2, 0.25) is 0 Å². The first-order chi connectivity index (χ1) is 13.1. The average Bonchev–Trinajstić information content (AvgIpc) is 3.10. The number of carbonyl (C=O) groups excluding carboxylic acids is 1. The molecular formula is C21H20FN3O2. The van der Waals surface area contributed by atoms with Gasteiger partial charge in [-0.3, -0.25) is 4.79 Å². The minimum Gasteiger partial charge on any atom is -0.370 e. The van der Waals surface area contributed by atoms with E-state index in [0.717, 1.165) is 16.9 Å². The van der Waals surface area contributed by atoms with Crippen molar-refractivity contribution in [3.05, 3.63) is 83.4 Å². The molecule has 0 N–H and O–H groups in total. The molecule has 0 aliphatic carbocycles. The second-order valence-electron chi connectivity index (χ2n) is 6.55. The van der Waals surface area contributed by atoms with E-state index in [2.05, 4.69) is 5.10 Å². The van der Waals surface area contributed by atoms with Gasteiger partial charge >= 0.3 is 0 Å². The zero-order valence-corrected chi connectivity index (χ0v) is 15.0. The summed E-state index contributed by atoms with van der Waals surface area (Å²) in [4.78, 5) is 14.9. The van der Waals surface area contributed by atoms with Crippen LogP contribution in [0.15, 0.2) is 60.8 Å². The first kappa shape index (κ1) is 17.4. The molecule has 1 aliphatic rings. The van der Waals surface area contributed by atoms with Crippen LogP contribution < -0.4 is 0 Å². The van der Waals surface area contributed by atoms with E-state index in [9.17, 15) is 9.18 Å². The smallest absolute Gasteiger partial charge is 0.257 e. The minimum absolute atomic E-state index is 0.0647. The number of rotatable bonds is 3. The van der Waals surface area contributed by atoms with Crippen LogP contribution in [-0.2, 0) is 4.74 Å². The van der Waals surface area contributed by atoms with Crippen molar-refractivity contribution in [1.82, 2.24) is 14.7 Å². The van der Waals surface area contributed by atoms with Gasteiger partial charge < -0.3 is 9.64 Å². The van der Waals surface area contributed by atoms with Gasteiger partial charge in [-0.25, -0.2) is 9.07 Å². The van der Waals surface area contributed by atoms with E-state index in [1.165, 1.54) is 12.1 Å². The van der Waals surface area contributed by atoms with Gasteiger partial charge in [-0.15, -0.1) is 0 Å². The van der Waals surface area contributed by atoms with Crippen molar-refractivity contribution >= 4 is 5.91 Å². The summed E-state index contributed by atoms with van der Waals surface area (Å²) >= 11 is 0. The van der Waals surface area contributed by atoms with E-state index in [0.29, 0.717) is 25.3 Å². The number of benzene rings is 2. The Bertz CT molecular complexity index is 938. The largest absolute Gasteiger partial charge is 0.370 e. The molecule has 1 fully saturated rings. The van der Waals surface area contributed by atoms with Crippen LogP contribution in [0.3, 0.4) is 0 Å². The van der Waals surface area contributed by atoms with Crippen LogP contribution in [0.2, 0.25) is 0 Å². The summed E-state index contributed by atoms with van der Waals surface area (Å²) in [6, 6.07) is 16.0. The Kier molecular flexibility index (Phi) is 4.73. The molecule has 27 heavy (non-hydrogen) atoms. The predicted octanol–water partition coefficient (Wildman–Crippen LogP) is 3.53. The Morgan fingerprint density at radius 1 is 1.15 bits per heavy atom. The molecule has 1 unspecified atom stereocenters. The summed E-state index contributed by atoms with van der Waals surface area (Å²) in [5.41, 5.74) is 3.06. The summed E-state index contributed by atoms with van der Waals surface area (Å²) in [5, 5.41) is 4.32. The molecule has 2 aromatic carbocycles. The van der Waals surface area contributed by atoms with Crippen LogP contribution in [0.25, 0.3) is 5.69 Å². The Labute approximate surface area is 157 Å². The maximum atomic E-state index is 13.2. The van der Waals surface area contributed by atoms with Crippen molar-refractivity contribution in [3.63, 3.8) is 0 Å². The topological polar surface area (TPSA) is 47.4 Å². The predicted molar refractivity (Wildman–Crippen MR) is 99.3 cm³/mol. The summed E-state index contributed by atoms with van der Waals surface area (Å²) < 4.78 is 20.7. The molecule has 0 spiro atoms. The van der Waals surface area contributed by atoms with Gasteiger partial charge in [0.25, 0.3) is 5.91 Å². The first-order valence-corrected chi connectivity index (χ1v) is 8.90. The van der Waals surface area contributed by atoms with Gasteiger partial charge in [-0.2, -0.15) is 5.10 Å². The second kappa shape index (κ2) is 7.32. The lowest BCUT2D eigenvalue weighted by molar-refractivity contribution is -0.0228. The van der Waals surface area contributed by atoms with Crippen LogP contribution >= 0.6 is 0 Å². The van der Waals surface area contributed by atoms with Crippen molar-refractivity contribution in [2.24, 2.45) is 0 Å². The third-order valence-corrected chi connectivity index (χ3v) is 4.84. The van der Waals surface area contributed by atoms with Crippen LogP contribution in [0, 0.1) is 12.7 Å². The monoisotopic (exact) mass is 365 g/mol. The first-order valence-electron chi connectivity index (χ1n) is 8.90. The molecule has 6 heteroatoms. The normalized spacial score (nSPS) is 17.1. The average molecular weight is 365 g/mol. The minimum atomic E-state index is -0.305. The van der Waals surface area contributed by atoms with Crippen LogP contribution in [0.5, 0.6) is 0 Å². The molecular weight excluding hydrogens is 345 g/mol. The molecule has 2 heterocycles. The summed E-state index contributed by atoms with van der Waals surface area (Å²) in [6.07, 6.45) is 1.45. The Balaban J connectivity index is 1.55. The highest BCUT2D eigenvalue weighted by Crippen LogP contribution is 2.24. The molecule has 4 rings (SSSR count). The molecule has 1 atom stereocenters.